The molecule has 142 valence electrons. The smallest absolute Gasteiger partial charge is 0.346 e. The molecule has 2 aromatic rings. The first-order chi connectivity index (χ1) is 12.7. The number of benzene rings is 1. The van der Waals surface area contributed by atoms with Gasteiger partial charge in [0.25, 0.3) is 5.82 Å². The quantitative estimate of drug-likeness (QED) is 0.421. The average Bonchev–Trinajstić information content (AvgIpc) is 2.99. The standard InChI is InChI=1S/C22H32N2O2/c1-2-3-4-5-6-7-8-12-15-21-23(16-17-24(21)19-22(25)26)18-20-13-10-9-11-14-20/h9-11,13-14,16-17H,2-8,12,15,18-19H2,1H3/p+1. The lowest BCUT2D eigenvalue weighted by atomic mass is 10.1. The normalized spacial score (nSPS) is 11.0. The fourth-order valence-electron chi connectivity index (χ4n) is 3.42. The number of imidazole rings is 1. The molecule has 1 aromatic heterocycles. The molecule has 1 heterocycles. The van der Waals surface area contributed by atoms with Gasteiger partial charge in [-0.2, -0.15) is 0 Å². The van der Waals surface area contributed by atoms with Gasteiger partial charge in [0.05, 0.1) is 0 Å². The van der Waals surface area contributed by atoms with Crippen LogP contribution in [0.25, 0.3) is 0 Å². The minimum absolute atomic E-state index is 0.0359. The van der Waals surface area contributed by atoms with Crippen molar-refractivity contribution in [2.75, 3.05) is 0 Å². The van der Waals surface area contributed by atoms with E-state index in [2.05, 4.69) is 23.6 Å². The highest BCUT2D eigenvalue weighted by Gasteiger charge is 2.19. The summed E-state index contributed by atoms with van der Waals surface area (Å²) in [7, 11) is 0. The van der Waals surface area contributed by atoms with Gasteiger partial charge in [0.1, 0.15) is 18.9 Å². The van der Waals surface area contributed by atoms with E-state index in [1.54, 1.807) is 0 Å². The summed E-state index contributed by atoms with van der Waals surface area (Å²) in [5, 5.41) is 9.17. The molecule has 0 saturated heterocycles. The number of hydrogen-bond acceptors (Lipinski definition) is 1. The molecule has 0 aliphatic heterocycles. The van der Waals surface area contributed by atoms with Crippen LogP contribution in [0.1, 0.15) is 69.7 Å². The van der Waals surface area contributed by atoms with Crippen molar-refractivity contribution in [1.82, 2.24) is 4.57 Å². The van der Waals surface area contributed by atoms with Crippen LogP contribution >= 0.6 is 0 Å². The van der Waals surface area contributed by atoms with Crippen molar-refractivity contribution >= 4 is 5.97 Å². The molecule has 0 aliphatic rings. The Hall–Kier alpha value is -2.10. The molecule has 0 saturated carbocycles. The van der Waals surface area contributed by atoms with E-state index in [1.165, 1.54) is 50.5 Å². The maximum absolute atomic E-state index is 11.2. The minimum Gasteiger partial charge on any atom is -0.478 e. The van der Waals surface area contributed by atoms with Crippen LogP contribution in [0.5, 0.6) is 0 Å². The monoisotopic (exact) mass is 357 g/mol. The van der Waals surface area contributed by atoms with Crippen molar-refractivity contribution in [3.05, 3.63) is 54.1 Å². The third-order valence-electron chi connectivity index (χ3n) is 4.84. The van der Waals surface area contributed by atoms with Crippen molar-refractivity contribution in [1.29, 1.82) is 0 Å². The van der Waals surface area contributed by atoms with Gasteiger partial charge in [-0.15, -0.1) is 0 Å². The predicted molar refractivity (Wildman–Crippen MR) is 104 cm³/mol. The molecule has 0 fully saturated rings. The summed E-state index contributed by atoms with van der Waals surface area (Å²) in [5.41, 5.74) is 1.24. The molecule has 1 aromatic carbocycles. The van der Waals surface area contributed by atoms with Crippen molar-refractivity contribution < 1.29 is 14.5 Å². The van der Waals surface area contributed by atoms with Gasteiger partial charge in [-0.3, -0.25) is 0 Å². The van der Waals surface area contributed by atoms with Gasteiger partial charge >= 0.3 is 5.97 Å². The zero-order valence-corrected chi connectivity index (χ0v) is 16.1. The Kier molecular flexibility index (Phi) is 8.94. The van der Waals surface area contributed by atoms with Gasteiger partial charge in [0.2, 0.25) is 0 Å². The summed E-state index contributed by atoms with van der Waals surface area (Å²) in [6.45, 7) is 3.07. The Bertz CT molecular complexity index is 649. The van der Waals surface area contributed by atoms with Crippen LogP contribution in [0.2, 0.25) is 0 Å². The molecule has 0 radical (unpaired) electrons. The molecule has 4 heteroatoms. The molecule has 0 aliphatic carbocycles. The molecule has 1 N–H and O–H groups in total. The molecule has 0 unspecified atom stereocenters. The van der Waals surface area contributed by atoms with Crippen LogP contribution in [-0.2, 0) is 24.3 Å². The number of nitrogens with zero attached hydrogens (tertiary/aromatic N) is 2. The number of carboxylic acid groups (broad SMARTS) is 1. The first-order valence-corrected chi connectivity index (χ1v) is 10.0. The first-order valence-electron chi connectivity index (χ1n) is 10.0. The van der Waals surface area contributed by atoms with Crippen LogP contribution < -0.4 is 4.57 Å². The lowest BCUT2D eigenvalue weighted by molar-refractivity contribution is -0.695. The second-order valence-corrected chi connectivity index (χ2v) is 7.07. The van der Waals surface area contributed by atoms with Gasteiger partial charge in [0, 0.05) is 6.42 Å². The highest BCUT2D eigenvalue weighted by Crippen LogP contribution is 2.11. The van der Waals surface area contributed by atoms with E-state index in [9.17, 15) is 9.90 Å². The van der Waals surface area contributed by atoms with Gasteiger partial charge in [-0.1, -0.05) is 82.2 Å². The average molecular weight is 358 g/mol. The third-order valence-corrected chi connectivity index (χ3v) is 4.84. The summed E-state index contributed by atoms with van der Waals surface area (Å²) in [5.74, 6) is 0.326. The predicted octanol–water partition coefficient (Wildman–Crippen LogP) is 4.59. The number of aliphatic carboxylic acids is 1. The van der Waals surface area contributed by atoms with Crippen LogP contribution in [0.4, 0.5) is 0 Å². The Morgan fingerprint density at radius 2 is 1.65 bits per heavy atom. The summed E-state index contributed by atoms with van der Waals surface area (Å²) in [4.78, 5) is 11.2. The van der Waals surface area contributed by atoms with Crippen molar-refractivity contribution in [3.63, 3.8) is 0 Å². The van der Waals surface area contributed by atoms with E-state index >= 15 is 0 Å². The van der Waals surface area contributed by atoms with Crippen LogP contribution in [0.3, 0.4) is 0 Å². The molecule has 0 atom stereocenters. The number of rotatable bonds is 13. The summed E-state index contributed by atoms with van der Waals surface area (Å²) in [6, 6.07) is 10.3. The zero-order chi connectivity index (χ0) is 18.6. The molecule has 4 nitrogen and oxygen atoms in total. The molecular formula is C22H33N2O2+. The fourth-order valence-corrected chi connectivity index (χ4v) is 3.42. The van der Waals surface area contributed by atoms with Gasteiger partial charge in [-0.05, 0) is 12.0 Å². The Morgan fingerprint density at radius 1 is 1.00 bits per heavy atom. The molecule has 0 spiro atoms. The van der Waals surface area contributed by atoms with Gasteiger partial charge < -0.3 is 5.11 Å². The fraction of sp³-hybridized carbons (Fsp3) is 0.545. The van der Waals surface area contributed by atoms with Crippen molar-refractivity contribution in [3.8, 4) is 0 Å². The zero-order valence-electron chi connectivity index (χ0n) is 16.1. The number of unbranched alkanes of at least 4 members (excludes halogenated alkanes) is 7. The highest BCUT2D eigenvalue weighted by molar-refractivity contribution is 5.66. The minimum atomic E-state index is -0.787. The van der Waals surface area contributed by atoms with Crippen LogP contribution in [0.15, 0.2) is 42.7 Å². The maximum atomic E-state index is 11.2. The summed E-state index contributed by atoms with van der Waals surface area (Å²) >= 11 is 0. The SMILES string of the molecule is CCCCCCCCCCc1n(CC(=O)O)cc[n+]1Cc1ccccc1. The van der Waals surface area contributed by atoms with Crippen LogP contribution in [-0.4, -0.2) is 15.6 Å². The summed E-state index contributed by atoms with van der Waals surface area (Å²) in [6.07, 6.45) is 15.1. The van der Waals surface area contributed by atoms with Crippen molar-refractivity contribution in [2.24, 2.45) is 0 Å². The van der Waals surface area contributed by atoms with E-state index in [0.717, 1.165) is 25.2 Å². The number of hydrogen-bond donors (Lipinski definition) is 1. The molecule has 0 amide bonds. The lowest BCUT2D eigenvalue weighted by Crippen LogP contribution is -2.38. The Morgan fingerprint density at radius 3 is 2.31 bits per heavy atom. The molecule has 26 heavy (non-hydrogen) atoms. The maximum Gasteiger partial charge on any atom is 0.346 e. The number of carbonyl (C=O) groups is 1. The first kappa shape index (κ1) is 20.2. The second kappa shape index (κ2) is 11.5. The summed E-state index contributed by atoms with van der Waals surface area (Å²) < 4.78 is 4.08. The highest BCUT2D eigenvalue weighted by atomic mass is 16.4. The topological polar surface area (TPSA) is 46.1 Å². The molecule has 2 rings (SSSR count). The number of aromatic nitrogens is 2. The molecule has 0 bridgehead atoms. The van der Waals surface area contributed by atoms with Gasteiger partial charge in [-0.25, -0.2) is 13.9 Å². The van der Waals surface area contributed by atoms with E-state index in [4.69, 9.17) is 0 Å². The Balaban J connectivity index is 1.89. The van der Waals surface area contributed by atoms with Crippen LogP contribution in [0, 0.1) is 0 Å². The van der Waals surface area contributed by atoms with E-state index in [0.29, 0.717) is 0 Å². The third kappa shape index (κ3) is 7.03. The Labute approximate surface area is 157 Å². The second-order valence-electron chi connectivity index (χ2n) is 7.07. The number of carboxylic acids is 1. The molecular weight excluding hydrogens is 324 g/mol. The lowest BCUT2D eigenvalue weighted by Gasteiger charge is -2.05. The largest absolute Gasteiger partial charge is 0.478 e. The van der Waals surface area contributed by atoms with E-state index in [-0.39, 0.29) is 6.54 Å². The van der Waals surface area contributed by atoms with Crippen molar-refractivity contribution in [2.45, 2.75) is 77.8 Å². The van der Waals surface area contributed by atoms with Gasteiger partial charge in [0.15, 0.2) is 6.54 Å². The van der Waals surface area contributed by atoms with E-state index in [1.807, 2.05) is 35.2 Å². The van der Waals surface area contributed by atoms with E-state index < -0.39 is 5.97 Å².